The van der Waals surface area contributed by atoms with E-state index in [0.717, 1.165) is 5.56 Å². The van der Waals surface area contributed by atoms with Crippen molar-refractivity contribution in [2.24, 2.45) is 5.41 Å². The maximum absolute atomic E-state index is 12.5. The number of carbonyl (C=O) groups excluding carboxylic acids is 2. The first-order chi connectivity index (χ1) is 9.32. The Labute approximate surface area is 118 Å². The van der Waals surface area contributed by atoms with E-state index in [4.69, 9.17) is 9.47 Å². The predicted molar refractivity (Wildman–Crippen MR) is 72.0 cm³/mol. The quantitative estimate of drug-likeness (QED) is 0.613. The van der Waals surface area contributed by atoms with E-state index in [9.17, 15) is 9.59 Å². The summed E-state index contributed by atoms with van der Waals surface area (Å²) in [5.41, 5.74) is -1.31. The zero-order valence-electron chi connectivity index (χ0n) is 11.9. The van der Waals surface area contributed by atoms with Gasteiger partial charge in [-0.1, -0.05) is 30.3 Å². The molecule has 2 atom stereocenters. The number of carbonyl (C=O) groups is 2. The minimum atomic E-state index is -1.14. The van der Waals surface area contributed by atoms with Crippen molar-refractivity contribution in [1.29, 1.82) is 0 Å². The van der Waals surface area contributed by atoms with Crippen LogP contribution in [0.3, 0.4) is 0 Å². The summed E-state index contributed by atoms with van der Waals surface area (Å²) in [6.45, 7) is 5.66. The van der Waals surface area contributed by atoms with E-state index >= 15 is 0 Å². The molecule has 1 saturated carbocycles. The highest BCUT2D eigenvalue weighted by atomic mass is 16.6. The van der Waals surface area contributed by atoms with Gasteiger partial charge in [0.2, 0.25) is 0 Å². The Morgan fingerprint density at radius 1 is 1.25 bits per heavy atom. The van der Waals surface area contributed by atoms with Crippen LogP contribution in [0.4, 0.5) is 0 Å². The normalized spacial score (nSPS) is 31.4. The number of cyclic esters (lactones) is 1. The lowest BCUT2D eigenvalue weighted by Gasteiger charge is -2.22. The molecule has 0 spiro atoms. The van der Waals surface area contributed by atoms with Crippen LogP contribution in [0.2, 0.25) is 0 Å². The molecule has 0 bridgehead atoms. The summed E-state index contributed by atoms with van der Waals surface area (Å²) >= 11 is 0. The van der Waals surface area contributed by atoms with Crippen molar-refractivity contribution in [3.63, 3.8) is 0 Å². The molecule has 20 heavy (non-hydrogen) atoms. The van der Waals surface area contributed by atoms with Gasteiger partial charge in [0.15, 0.2) is 5.41 Å². The van der Waals surface area contributed by atoms with E-state index < -0.39 is 28.4 Å². The lowest BCUT2D eigenvalue weighted by atomic mass is 9.88. The fourth-order valence-electron chi connectivity index (χ4n) is 3.07. The van der Waals surface area contributed by atoms with Crippen molar-refractivity contribution < 1.29 is 19.1 Å². The smallest absolute Gasteiger partial charge is 0.325 e. The van der Waals surface area contributed by atoms with Crippen molar-refractivity contribution in [2.75, 3.05) is 6.61 Å². The average Bonchev–Trinajstić information content (AvgIpc) is 2.99. The molecule has 106 valence electrons. The molecule has 3 rings (SSSR count). The fraction of sp³-hybridized carbons (Fsp3) is 0.500. The Bertz CT molecular complexity index is 572. The third kappa shape index (κ3) is 1.60. The van der Waals surface area contributed by atoms with Gasteiger partial charge in [0.05, 0.1) is 5.41 Å². The van der Waals surface area contributed by atoms with Crippen molar-refractivity contribution in [1.82, 2.24) is 0 Å². The lowest BCUT2D eigenvalue weighted by molar-refractivity contribution is -0.168. The molecule has 2 unspecified atom stereocenters. The molecule has 1 aliphatic heterocycles. The van der Waals surface area contributed by atoms with Crippen LogP contribution in [-0.4, -0.2) is 24.1 Å². The van der Waals surface area contributed by atoms with Gasteiger partial charge in [0.1, 0.15) is 12.2 Å². The van der Waals surface area contributed by atoms with E-state index in [1.54, 1.807) is 20.8 Å². The van der Waals surface area contributed by atoms with Gasteiger partial charge in [-0.2, -0.15) is 0 Å². The lowest BCUT2D eigenvalue weighted by Crippen LogP contribution is -2.36. The fourth-order valence-corrected chi connectivity index (χ4v) is 3.07. The Hall–Kier alpha value is -1.84. The zero-order valence-corrected chi connectivity index (χ0v) is 11.9. The molecule has 1 aromatic carbocycles. The van der Waals surface area contributed by atoms with E-state index in [1.807, 2.05) is 30.3 Å². The first-order valence-electron chi connectivity index (χ1n) is 6.78. The number of hydrogen-bond acceptors (Lipinski definition) is 4. The number of benzene rings is 1. The largest absolute Gasteiger partial charge is 0.464 e. The molecule has 4 nitrogen and oxygen atoms in total. The van der Waals surface area contributed by atoms with E-state index in [0.29, 0.717) is 6.42 Å². The van der Waals surface area contributed by atoms with Crippen LogP contribution in [0, 0.1) is 5.41 Å². The highest BCUT2D eigenvalue weighted by Crippen LogP contribution is 2.69. The molecule has 0 aromatic heterocycles. The van der Waals surface area contributed by atoms with Gasteiger partial charge in [-0.3, -0.25) is 9.59 Å². The molecule has 1 heterocycles. The minimum Gasteiger partial charge on any atom is -0.464 e. The average molecular weight is 274 g/mol. The zero-order chi connectivity index (χ0) is 14.6. The topological polar surface area (TPSA) is 52.6 Å². The van der Waals surface area contributed by atoms with Crippen molar-refractivity contribution in [2.45, 2.75) is 38.2 Å². The molecular formula is C16H18O4. The number of esters is 2. The van der Waals surface area contributed by atoms with E-state index in [1.165, 1.54) is 0 Å². The summed E-state index contributed by atoms with van der Waals surface area (Å²) in [4.78, 5) is 24.6. The summed E-state index contributed by atoms with van der Waals surface area (Å²) in [5.74, 6) is -0.910. The maximum Gasteiger partial charge on any atom is 0.325 e. The first kappa shape index (κ1) is 13.2. The molecule has 4 heteroatoms. The molecular weight excluding hydrogens is 256 g/mol. The molecule has 0 radical (unpaired) electrons. The van der Waals surface area contributed by atoms with Gasteiger partial charge in [-0.05, 0) is 32.8 Å². The van der Waals surface area contributed by atoms with Crippen LogP contribution in [0.15, 0.2) is 30.3 Å². The molecule has 1 saturated heterocycles. The van der Waals surface area contributed by atoms with Gasteiger partial charge in [-0.25, -0.2) is 0 Å². The number of ether oxygens (including phenoxy) is 2. The second-order valence-electron chi connectivity index (χ2n) is 6.61. The van der Waals surface area contributed by atoms with Gasteiger partial charge in [0.25, 0.3) is 0 Å². The summed E-state index contributed by atoms with van der Waals surface area (Å²) in [6.07, 6.45) is 0.484. The van der Waals surface area contributed by atoms with Crippen LogP contribution in [0.5, 0.6) is 0 Å². The van der Waals surface area contributed by atoms with Gasteiger partial charge < -0.3 is 9.47 Å². The summed E-state index contributed by atoms with van der Waals surface area (Å²) in [7, 11) is 0. The number of rotatable bonds is 2. The second kappa shape index (κ2) is 3.84. The Balaban J connectivity index is 1.97. The predicted octanol–water partition coefficient (Wildman–Crippen LogP) is 2.21. The monoisotopic (exact) mass is 274 g/mol. The Morgan fingerprint density at radius 3 is 2.50 bits per heavy atom. The standard InChI is InChI=1S/C16H18O4/c1-14(2,3)20-13(18)16-9-15(16,10-19-12(16)17)11-7-5-4-6-8-11/h4-8H,9-10H2,1-3H3. The molecule has 2 aliphatic rings. The Kier molecular flexibility index (Phi) is 2.53. The molecule has 2 fully saturated rings. The van der Waals surface area contributed by atoms with Crippen LogP contribution < -0.4 is 0 Å². The highest BCUT2D eigenvalue weighted by molar-refractivity contribution is 6.08. The summed E-state index contributed by atoms with van der Waals surface area (Å²) in [5, 5.41) is 0. The Morgan fingerprint density at radius 2 is 1.90 bits per heavy atom. The van der Waals surface area contributed by atoms with Crippen molar-refractivity contribution in [3.05, 3.63) is 35.9 Å². The van der Waals surface area contributed by atoms with Crippen LogP contribution in [0.25, 0.3) is 0 Å². The first-order valence-corrected chi connectivity index (χ1v) is 6.78. The minimum absolute atomic E-state index is 0.259. The van der Waals surface area contributed by atoms with Crippen LogP contribution >= 0.6 is 0 Å². The SMILES string of the molecule is CC(C)(C)OC(=O)C12CC1(c1ccccc1)COC2=O. The molecule has 0 amide bonds. The third-order valence-electron chi connectivity index (χ3n) is 4.13. The molecule has 1 aliphatic carbocycles. The van der Waals surface area contributed by atoms with Crippen LogP contribution in [-0.2, 0) is 24.5 Å². The number of fused-ring (bicyclic) bond motifs is 1. The van der Waals surface area contributed by atoms with Gasteiger partial charge in [-0.15, -0.1) is 0 Å². The second-order valence-corrected chi connectivity index (χ2v) is 6.61. The number of hydrogen-bond donors (Lipinski definition) is 0. The highest BCUT2D eigenvalue weighted by Gasteiger charge is 2.83. The van der Waals surface area contributed by atoms with E-state index in [-0.39, 0.29) is 6.61 Å². The molecule has 0 N–H and O–H groups in total. The van der Waals surface area contributed by atoms with Gasteiger partial charge in [0, 0.05) is 0 Å². The third-order valence-corrected chi connectivity index (χ3v) is 4.13. The summed E-state index contributed by atoms with van der Waals surface area (Å²) < 4.78 is 10.6. The van der Waals surface area contributed by atoms with Gasteiger partial charge >= 0.3 is 11.9 Å². The van der Waals surface area contributed by atoms with Crippen molar-refractivity contribution in [3.8, 4) is 0 Å². The molecule has 1 aromatic rings. The summed E-state index contributed by atoms with van der Waals surface area (Å²) in [6, 6.07) is 9.60. The van der Waals surface area contributed by atoms with Crippen molar-refractivity contribution >= 4 is 11.9 Å². The van der Waals surface area contributed by atoms with Crippen LogP contribution in [0.1, 0.15) is 32.8 Å². The maximum atomic E-state index is 12.5. The van der Waals surface area contributed by atoms with E-state index in [2.05, 4.69) is 0 Å².